The van der Waals surface area contributed by atoms with E-state index in [1.807, 2.05) is 60.7 Å². The number of hydrogen-bond donors (Lipinski definition) is 0. The topological polar surface area (TPSA) is 0 Å². The minimum absolute atomic E-state index is 0. The summed E-state index contributed by atoms with van der Waals surface area (Å²) >= 11 is 1.81. The fourth-order valence-electron chi connectivity index (χ4n) is 2.82. The Morgan fingerprint density at radius 1 is 0.471 bits per heavy atom. The molecule has 0 atom stereocenters. The van der Waals surface area contributed by atoms with Crippen LogP contribution in [0.4, 0.5) is 0 Å². The van der Waals surface area contributed by atoms with Crippen molar-refractivity contribution in [2.75, 3.05) is 0 Å². The molecule has 34 heavy (non-hydrogen) atoms. The summed E-state index contributed by atoms with van der Waals surface area (Å²) in [4.78, 5) is 0. The van der Waals surface area contributed by atoms with E-state index < -0.39 is 0 Å². The van der Waals surface area contributed by atoms with Gasteiger partial charge in [0.25, 0.3) is 0 Å². The Morgan fingerprint density at radius 2 is 0.824 bits per heavy atom. The maximum atomic E-state index is 2.97. The van der Waals surface area contributed by atoms with Gasteiger partial charge in [0.05, 0.1) is 0 Å². The first-order valence-corrected chi connectivity index (χ1v) is 13.1. The zero-order chi connectivity index (χ0) is 22.7. The fourth-order valence-corrected chi connectivity index (χ4v) is 2.82. The largest absolute Gasteiger partial charge is 0.184 e. The van der Waals surface area contributed by atoms with Gasteiger partial charge in [0.15, 0.2) is 0 Å². The van der Waals surface area contributed by atoms with Crippen molar-refractivity contribution < 1.29 is 19.2 Å². The van der Waals surface area contributed by atoms with E-state index in [9.17, 15) is 0 Å². The van der Waals surface area contributed by atoms with Crippen molar-refractivity contribution in [3.05, 3.63) is 173 Å². The van der Waals surface area contributed by atoms with Gasteiger partial charge in [0.2, 0.25) is 0 Å². The summed E-state index contributed by atoms with van der Waals surface area (Å²) in [5.41, 5.74) is 0. The van der Waals surface area contributed by atoms with Crippen LogP contribution in [0.2, 0.25) is 0 Å². The van der Waals surface area contributed by atoms with Crippen LogP contribution >= 0.6 is 0 Å². The smallest absolute Gasteiger partial charge is 0.0809 e. The molecule has 2 heteroatoms. The van der Waals surface area contributed by atoms with Gasteiger partial charge in [-0.1, -0.05) is 12.1 Å². The van der Waals surface area contributed by atoms with Crippen LogP contribution in [0.25, 0.3) is 21.5 Å². The summed E-state index contributed by atoms with van der Waals surface area (Å²) in [6.45, 7) is 0. The van der Waals surface area contributed by atoms with Crippen molar-refractivity contribution in [2.24, 2.45) is 0 Å². The van der Waals surface area contributed by atoms with Crippen LogP contribution in [0.1, 0.15) is 0 Å². The van der Waals surface area contributed by atoms with E-state index in [1.165, 1.54) is 21.5 Å². The average molecular weight is 491 g/mol. The first-order chi connectivity index (χ1) is 15.9. The van der Waals surface area contributed by atoms with E-state index in [0.717, 1.165) is 0 Å². The van der Waals surface area contributed by atoms with E-state index in [0.29, 0.717) is 0 Å². The molecule has 6 aromatic carbocycles. The van der Waals surface area contributed by atoms with Crippen molar-refractivity contribution in [3.63, 3.8) is 0 Å². The maximum absolute atomic E-state index is 2.97. The van der Waals surface area contributed by atoms with E-state index in [2.05, 4.69) is 105 Å². The third-order valence-electron chi connectivity index (χ3n) is 4.31. The monoisotopic (exact) mass is 490 g/mol. The predicted molar refractivity (Wildman–Crippen MR) is 148 cm³/mol. The molecule has 0 N–H and O–H groups in total. The number of hydrogen-bond acceptors (Lipinski definition) is 0. The van der Waals surface area contributed by atoms with E-state index >= 15 is 0 Å². The predicted octanol–water partition coefficient (Wildman–Crippen LogP) is 8.61. The van der Waals surface area contributed by atoms with Crippen molar-refractivity contribution in [1.82, 2.24) is 0 Å². The first kappa shape index (κ1) is 31.0. The van der Waals surface area contributed by atoms with Gasteiger partial charge in [0, 0.05) is 0 Å². The third-order valence-corrected chi connectivity index (χ3v) is 4.31. The van der Waals surface area contributed by atoms with Crippen LogP contribution in [-0.4, -0.2) is 7.63 Å². The molecule has 0 aliphatic heterocycles. The van der Waals surface area contributed by atoms with Crippen molar-refractivity contribution >= 4 is 29.2 Å². The third kappa shape index (κ3) is 12.3. The van der Waals surface area contributed by atoms with E-state index in [-0.39, 0.29) is 14.9 Å². The minimum Gasteiger partial charge on any atom is -0.184 e. The molecule has 0 fully saturated rings. The molecule has 2 radical (unpaired) electrons. The van der Waals surface area contributed by atoms with Crippen LogP contribution in [0.5, 0.6) is 0 Å². The summed E-state index contributed by atoms with van der Waals surface area (Å²) in [6.07, 6.45) is 0. The fraction of sp³-hybridized carbons (Fsp3) is 0. The van der Waals surface area contributed by atoms with Gasteiger partial charge < -0.3 is 14.9 Å². The number of fused-ring (bicyclic) bond motifs is 2. The standard InChI is InChI=1S/2C9H7.2C6H5.2CH3.Si.Ti/c2*1-2-5-9-7-3-6-8(9)4-1;2*1-2-4-6-5-3-1;;;;/h2*1-7H;2*1-5H;2*1H3;;/q6*-1;;. The molecule has 0 aliphatic rings. The molecule has 0 amide bonds. The molecule has 0 aromatic heterocycles. The Kier molecular flexibility index (Phi) is 18.8. The summed E-state index contributed by atoms with van der Waals surface area (Å²) in [7, 11) is 2.97. The minimum atomic E-state index is 0. The van der Waals surface area contributed by atoms with Gasteiger partial charge in [0.1, 0.15) is 0 Å². The molecule has 0 bridgehead atoms. The Balaban J connectivity index is 0.000000416. The molecule has 0 saturated carbocycles. The average Bonchev–Trinajstić information content (AvgIpc) is 3.58. The van der Waals surface area contributed by atoms with Crippen LogP contribution < -0.4 is 0 Å². The van der Waals surface area contributed by atoms with Gasteiger partial charge in [-0.25, -0.2) is 0 Å². The second-order valence-electron chi connectivity index (χ2n) is 6.46. The molecule has 0 aliphatic carbocycles. The zero-order valence-corrected chi connectivity index (χ0v) is 22.4. The van der Waals surface area contributed by atoms with Crippen LogP contribution in [0, 0.1) is 27.0 Å². The molecule has 0 heterocycles. The number of benzene rings is 4. The SMILES string of the molecule is [CH3-].[CH3-].[Si]=[Ti].[c-]1ccccc1.[c-]1ccccc1.c1ccc2[cH-]ccc2c1.c1ccc2[cH-]ccc2c1. The molecule has 172 valence electrons. The summed E-state index contributed by atoms with van der Waals surface area (Å²) in [6, 6.07) is 54.3. The van der Waals surface area contributed by atoms with Gasteiger partial charge >= 0.3 is 26.8 Å². The Morgan fingerprint density at radius 3 is 1.09 bits per heavy atom. The summed E-state index contributed by atoms with van der Waals surface area (Å²) in [5, 5.41) is 5.32. The van der Waals surface area contributed by atoms with Gasteiger partial charge in [-0.2, -0.15) is 108 Å². The molecular formula is C32H30SiTi-6. The van der Waals surface area contributed by atoms with E-state index in [4.69, 9.17) is 0 Å². The molecule has 0 saturated heterocycles. The maximum Gasteiger partial charge on any atom is -0.0809 e. The second kappa shape index (κ2) is 20.6. The normalized spacial score (nSPS) is 8.32. The molecule has 6 rings (SSSR count). The van der Waals surface area contributed by atoms with Gasteiger partial charge in [-0.3, -0.25) is 0 Å². The van der Waals surface area contributed by atoms with Crippen LogP contribution in [-0.2, 0) is 19.2 Å². The summed E-state index contributed by atoms with van der Waals surface area (Å²) in [5.74, 6) is 0. The Bertz CT molecular complexity index is 996. The quantitative estimate of drug-likeness (QED) is 0.148. The molecule has 0 spiro atoms. The molecular weight excluding hydrogens is 460 g/mol. The summed E-state index contributed by atoms with van der Waals surface area (Å²) < 4.78 is 0. The molecule has 0 nitrogen and oxygen atoms in total. The van der Waals surface area contributed by atoms with Crippen molar-refractivity contribution in [2.45, 2.75) is 0 Å². The first-order valence-electron chi connectivity index (χ1n) is 10.2. The van der Waals surface area contributed by atoms with Gasteiger partial charge in [-0.15, -0.1) is 59.3 Å². The van der Waals surface area contributed by atoms with Crippen molar-refractivity contribution in [1.29, 1.82) is 0 Å². The second-order valence-corrected chi connectivity index (χ2v) is 6.46. The molecule has 6 aromatic rings. The molecule has 0 unspecified atom stereocenters. The zero-order valence-electron chi connectivity index (χ0n) is 19.9. The van der Waals surface area contributed by atoms with Crippen LogP contribution in [0.15, 0.2) is 146 Å². The van der Waals surface area contributed by atoms with E-state index in [1.54, 1.807) is 19.2 Å². The Labute approximate surface area is 220 Å². The van der Waals surface area contributed by atoms with Gasteiger partial charge in [-0.05, 0) is 0 Å². The van der Waals surface area contributed by atoms with Crippen LogP contribution in [0.3, 0.4) is 0 Å². The number of rotatable bonds is 0. The van der Waals surface area contributed by atoms with Crippen molar-refractivity contribution in [3.8, 4) is 0 Å². The Hall–Kier alpha value is -2.97.